The van der Waals surface area contributed by atoms with Crippen molar-refractivity contribution >= 4 is 22.7 Å². The maximum Gasteiger partial charge on any atom is 0.0121 e. The quantitative estimate of drug-likeness (QED) is 0.475. The molecule has 0 aliphatic carbocycles. The molecule has 0 saturated heterocycles. The van der Waals surface area contributed by atoms with E-state index in [2.05, 4.69) is 35.2 Å². The Balaban J connectivity index is 1.73. The molecule has 2 heterocycles. The SMILES string of the molecule is CCCCCCCCc1ccsc1Cc1ccsc1. The van der Waals surface area contributed by atoms with Crippen LogP contribution in [0.1, 0.15) is 61.5 Å². The number of hydrogen-bond acceptors (Lipinski definition) is 2. The van der Waals surface area contributed by atoms with Crippen molar-refractivity contribution in [3.63, 3.8) is 0 Å². The van der Waals surface area contributed by atoms with Crippen molar-refractivity contribution in [1.29, 1.82) is 0 Å². The fourth-order valence-electron chi connectivity index (χ4n) is 2.42. The van der Waals surface area contributed by atoms with Crippen molar-refractivity contribution in [3.05, 3.63) is 44.3 Å². The van der Waals surface area contributed by atoms with E-state index in [1.54, 1.807) is 21.8 Å². The highest BCUT2D eigenvalue weighted by Gasteiger charge is 2.05. The second-order valence-corrected chi connectivity index (χ2v) is 6.98. The van der Waals surface area contributed by atoms with Gasteiger partial charge in [-0.3, -0.25) is 0 Å². The molecule has 0 aromatic carbocycles. The molecule has 2 aromatic rings. The highest BCUT2D eigenvalue weighted by Crippen LogP contribution is 2.23. The van der Waals surface area contributed by atoms with Crippen molar-refractivity contribution in [3.8, 4) is 0 Å². The van der Waals surface area contributed by atoms with E-state index in [0.717, 1.165) is 6.42 Å². The Labute approximate surface area is 125 Å². The first-order valence-electron chi connectivity index (χ1n) is 7.46. The Morgan fingerprint density at radius 2 is 1.79 bits per heavy atom. The van der Waals surface area contributed by atoms with E-state index in [4.69, 9.17) is 0 Å². The van der Waals surface area contributed by atoms with Crippen LogP contribution in [0.5, 0.6) is 0 Å². The summed E-state index contributed by atoms with van der Waals surface area (Å²) in [6, 6.07) is 4.58. The van der Waals surface area contributed by atoms with Crippen LogP contribution in [0.3, 0.4) is 0 Å². The van der Waals surface area contributed by atoms with E-state index in [9.17, 15) is 0 Å². The van der Waals surface area contributed by atoms with Crippen LogP contribution in [0, 0.1) is 0 Å². The number of rotatable bonds is 9. The second-order valence-electron chi connectivity index (χ2n) is 5.20. The minimum Gasteiger partial charge on any atom is -0.152 e. The molecular weight excluding hydrogens is 268 g/mol. The van der Waals surface area contributed by atoms with Crippen molar-refractivity contribution in [2.75, 3.05) is 0 Å². The minimum absolute atomic E-state index is 1.13. The summed E-state index contributed by atoms with van der Waals surface area (Å²) in [4.78, 5) is 1.58. The van der Waals surface area contributed by atoms with Gasteiger partial charge in [-0.1, -0.05) is 39.0 Å². The van der Waals surface area contributed by atoms with Gasteiger partial charge in [-0.05, 0) is 52.2 Å². The minimum atomic E-state index is 1.13. The fourth-order valence-corrected chi connectivity index (χ4v) is 4.06. The van der Waals surface area contributed by atoms with E-state index < -0.39 is 0 Å². The maximum atomic E-state index is 2.33. The Hall–Kier alpha value is -0.600. The molecule has 0 N–H and O–H groups in total. The predicted octanol–water partition coefficient (Wildman–Crippen LogP) is 6.30. The molecular formula is C17H24S2. The smallest absolute Gasteiger partial charge is 0.0121 e. The van der Waals surface area contributed by atoms with E-state index >= 15 is 0 Å². The van der Waals surface area contributed by atoms with Crippen LogP contribution in [0.25, 0.3) is 0 Å². The third-order valence-corrected chi connectivity index (χ3v) is 5.28. The first kappa shape index (κ1) is 14.8. The van der Waals surface area contributed by atoms with Gasteiger partial charge in [0.1, 0.15) is 0 Å². The number of unbranched alkanes of at least 4 members (excludes halogenated alkanes) is 5. The Morgan fingerprint density at radius 3 is 2.58 bits per heavy atom. The number of thiophene rings is 2. The van der Waals surface area contributed by atoms with Crippen LogP contribution in [-0.4, -0.2) is 0 Å². The molecule has 0 nitrogen and oxygen atoms in total. The zero-order valence-electron chi connectivity index (χ0n) is 11.9. The van der Waals surface area contributed by atoms with Gasteiger partial charge in [0.25, 0.3) is 0 Å². The van der Waals surface area contributed by atoms with E-state index in [0.29, 0.717) is 0 Å². The van der Waals surface area contributed by atoms with Crippen LogP contribution in [0.4, 0.5) is 0 Å². The Kier molecular flexibility index (Phi) is 6.66. The van der Waals surface area contributed by atoms with Gasteiger partial charge in [0.05, 0.1) is 0 Å². The molecule has 19 heavy (non-hydrogen) atoms. The lowest BCUT2D eigenvalue weighted by Gasteiger charge is -2.03. The Bertz CT molecular complexity index is 440. The second kappa shape index (κ2) is 8.55. The van der Waals surface area contributed by atoms with Crippen molar-refractivity contribution in [2.24, 2.45) is 0 Å². The molecule has 0 spiro atoms. The summed E-state index contributed by atoms with van der Waals surface area (Å²) in [5.41, 5.74) is 3.06. The lowest BCUT2D eigenvalue weighted by molar-refractivity contribution is 0.607. The molecule has 2 rings (SSSR count). The summed E-state index contributed by atoms with van der Waals surface area (Å²) in [5, 5.41) is 6.71. The third-order valence-electron chi connectivity index (χ3n) is 3.58. The first-order valence-corrected chi connectivity index (χ1v) is 9.28. The van der Waals surface area contributed by atoms with Gasteiger partial charge in [-0.25, -0.2) is 0 Å². The summed E-state index contributed by atoms with van der Waals surface area (Å²) < 4.78 is 0. The van der Waals surface area contributed by atoms with Gasteiger partial charge in [0.15, 0.2) is 0 Å². The van der Waals surface area contributed by atoms with Crippen LogP contribution >= 0.6 is 22.7 Å². The lowest BCUT2D eigenvalue weighted by atomic mass is 10.0. The average Bonchev–Trinajstić information content (AvgIpc) is 3.06. The summed E-state index contributed by atoms with van der Waals surface area (Å²) in [6.45, 7) is 2.28. The zero-order chi connectivity index (χ0) is 13.3. The molecule has 0 atom stereocenters. The van der Waals surface area contributed by atoms with E-state index in [1.165, 1.54) is 50.5 Å². The third kappa shape index (κ3) is 5.12. The zero-order valence-corrected chi connectivity index (χ0v) is 13.5. The lowest BCUT2D eigenvalue weighted by Crippen LogP contribution is -1.90. The topological polar surface area (TPSA) is 0 Å². The molecule has 2 heteroatoms. The van der Waals surface area contributed by atoms with E-state index in [1.807, 2.05) is 11.3 Å². The highest BCUT2D eigenvalue weighted by molar-refractivity contribution is 7.10. The number of hydrogen-bond donors (Lipinski definition) is 0. The normalized spacial score (nSPS) is 11.0. The van der Waals surface area contributed by atoms with Crippen molar-refractivity contribution < 1.29 is 0 Å². The predicted molar refractivity (Wildman–Crippen MR) is 88.5 cm³/mol. The molecule has 0 saturated carbocycles. The monoisotopic (exact) mass is 292 g/mol. The van der Waals surface area contributed by atoms with Crippen molar-refractivity contribution in [1.82, 2.24) is 0 Å². The van der Waals surface area contributed by atoms with Crippen LogP contribution in [0.2, 0.25) is 0 Å². The molecule has 104 valence electrons. The van der Waals surface area contributed by atoms with Crippen molar-refractivity contribution in [2.45, 2.75) is 58.3 Å². The van der Waals surface area contributed by atoms with Gasteiger partial charge in [-0.2, -0.15) is 11.3 Å². The largest absolute Gasteiger partial charge is 0.152 e. The van der Waals surface area contributed by atoms with Crippen LogP contribution in [-0.2, 0) is 12.8 Å². The van der Waals surface area contributed by atoms with E-state index in [-0.39, 0.29) is 0 Å². The molecule has 0 bridgehead atoms. The van der Waals surface area contributed by atoms with Gasteiger partial charge in [0.2, 0.25) is 0 Å². The summed E-state index contributed by atoms with van der Waals surface area (Å²) in [6.07, 6.45) is 10.7. The average molecular weight is 293 g/mol. The molecule has 0 unspecified atom stereocenters. The molecule has 0 aliphatic heterocycles. The van der Waals surface area contributed by atoms with Gasteiger partial charge in [0, 0.05) is 11.3 Å². The molecule has 0 aliphatic rings. The van der Waals surface area contributed by atoms with Gasteiger partial charge >= 0.3 is 0 Å². The molecule has 0 amide bonds. The molecule has 0 fully saturated rings. The Morgan fingerprint density at radius 1 is 0.947 bits per heavy atom. The molecule has 0 radical (unpaired) electrons. The van der Waals surface area contributed by atoms with Gasteiger partial charge < -0.3 is 0 Å². The maximum absolute atomic E-state index is 2.33. The van der Waals surface area contributed by atoms with Crippen LogP contribution in [0.15, 0.2) is 28.3 Å². The fraction of sp³-hybridized carbons (Fsp3) is 0.529. The summed E-state index contributed by atoms with van der Waals surface area (Å²) >= 11 is 3.73. The standard InChI is InChI=1S/C17H24S2/c1-2-3-4-5-6-7-8-16-10-12-19-17(16)13-15-9-11-18-14-15/h9-12,14H,2-8,13H2,1H3. The summed E-state index contributed by atoms with van der Waals surface area (Å²) in [5.74, 6) is 0. The summed E-state index contributed by atoms with van der Waals surface area (Å²) in [7, 11) is 0. The molecule has 2 aromatic heterocycles. The number of aryl methyl sites for hydroxylation is 1. The first-order chi connectivity index (χ1) is 9.40. The van der Waals surface area contributed by atoms with Crippen LogP contribution < -0.4 is 0 Å². The van der Waals surface area contributed by atoms with Gasteiger partial charge in [-0.15, -0.1) is 11.3 Å². The highest BCUT2D eigenvalue weighted by atomic mass is 32.1.